The largest absolute Gasteiger partial charge is 0.416 e. The lowest BCUT2D eigenvalue weighted by Crippen LogP contribution is -2.14. The first kappa shape index (κ1) is 19.6. The summed E-state index contributed by atoms with van der Waals surface area (Å²) in [4.78, 5) is 19.7. The van der Waals surface area contributed by atoms with Crippen molar-refractivity contribution >= 4 is 29.3 Å². The summed E-state index contributed by atoms with van der Waals surface area (Å²) in [5.74, 6) is -0.667. The molecular weight excluding hydrogens is 395 g/mol. The van der Waals surface area contributed by atoms with Gasteiger partial charge in [0.25, 0.3) is 5.91 Å². The maximum atomic E-state index is 13.0. The van der Waals surface area contributed by atoms with Crippen LogP contribution in [-0.4, -0.2) is 25.7 Å². The van der Waals surface area contributed by atoms with Crippen molar-refractivity contribution in [1.29, 1.82) is 0 Å². The molecule has 2 aromatic heterocycles. The first-order valence-corrected chi connectivity index (χ1v) is 8.25. The number of nitrogens with two attached hydrogens (primary N) is 1. The molecule has 0 aliphatic rings. The molecule has 0 radical (unpaired) electrons. The summed E-state index contributed by atoms with van der Waals surface area (Å²) < 4.78 is 40.3. The van der Waals surface area contributed by atoms with Crippen molar-refractivity contribution in [2.45, 2.75) is 13.1 Å². The Bertz CT molecular complexity index is 1060. The Balaban J connectivity index is 1.99. The standard InChI is InChI=1S/C18H13ClF3N5O/c1-10-4-12(6-13(5-10)18(20,21)22)17-25-9-27(26-17)8-14(16(23)28)11-2-3-15(19)24-7-11/h2-9H,1H3,(H2,23,28)/b14-8-. The molecule has 0 spiro atoms. The van der Waals surface area contributed by atoms with Crippen LogP contribution in [0.2, 0.25) is 5.15 Å². The van der Waals surface area contributed by atoms with Gasteiger partial charge in [0.1, 0.15) is 11.5 Å². The Morgan fingerprint density at radius 1 is 1.21 bits per heavy atom. The Morgan fingerprint density at radius 2 is 1.96 bits per heavy atom. The number of rotatable bonds is 4. The van der Waals surface area contributed by atoms with Gasteiger partial charge in [0, 0.05) is 23.5 Å². The second kappa shape index (κ2) is 7.43. The molecule has 2 heterocycles. The van der Waals surface area contributed by atoms with Gasteiger partial charge in [-0.05, 0) is 42.8 Å². The second-order valence-corrected chi connectivity index (χ2v) is 6.30. The van der Waals surface area contributed by atoms with Gasteiger partial charge in [-0.3, -0.25) is 4.79 Å². The van der Waals surface area contributed by atoms with Crippen LogP contribution in [0.5, 0.6) is 0 Å². The number of aromatic nitrogens is 4. The first-order valence-electron chi connectivity index (χ1n) is 7.87. The van der Waals surface area contributed by atoms with Crippen LogP contribution in [0.3, 0.4) is 0 Å². The quantitative estimate of drug-likeness (QED) is 0.526. The van der Waals surface area contributed by atoms with Crippen LogP contribution in [0, 0.1) is 6.92 Å². The SMILES string of the molecule is Cc1cc(-c2ncn(/C=C(\C(N)=O)c3ccc(Cl)nc3)n2)cc(C(F)(F)F)c1. The molecule has 0 atom stereocenters. The van der Waals surface area contributed by atoms with Gasteiger partial charge in [0.05, 0.1) is 11.1 Å². The van der Waals surface area contributed by atoms with Crippen LogP contribution in [0.1, 0.15) is 16.7 Å². The molecule has 1 amide bonds. The fraction of sp³-hybridized carbons (Fsp3) is 0.111. The van der Waals surface area contributed by atoms with E-state index in [1.54, 1.807) is 13.0 Å². The maximum absolute atomic E-state index is 13.0. The summed E-state index contributed by atoms with van der Waals surface area (Å²) in [6.45, 7) is 1.55. The van der Waals surface area contributed by atoms with E-state index < -0.39 is 17.6 Å². The van der Waals surface area contributed by atoms with E-state index in [2.05, 4.69) is 15.1 Å². The predicted molar refractivity (Wildman–Crippen MR) is 97.8 cm³/mol. The number of pyridine rings is 1. The number of carbonyl (C=O) groups is 1. The van der Waals surface area contributed by atoms with E-state index in [0.717, 1.165) is 12.1 Å². The van der Waals surface area contributed by atoms with Crippen LogP contribution < -0.4 is 5.73 Å². The molecular formula is C18H13ClF3N5O. The van der Waals surface area contributed by atoms with Crippen LogP contribution in [0.4, 0.5) is 13.2 Å². The predicted octanol–water partition coefficient (Wildman–Crippen LogP) is 3.80. The van der Waals surface area contributed by atoms with E-state index in [4.69, 9.17) is 17.3 Å². The lowest BCUT2D eigenvalue weighted by atomic mass is 10.1. The molecule has 144 valence electrons. The smallest absolute Gasteiger partial charge is 0.366 e. The third-order valence-corrected chi connectivity index (χ3v) is 3.96. The highest BCUT2D eigenvalue weighted by atomic mass is 35.5. The minimum Gasteiger partial charge on any atom is -0.366 e. The minimum atomic E-state index is -4.48. The van der Waals surface area contributed by atoms with Crippen LogP contribution in [0.15, 0.2) is 42.9 Å². The van der Waals surface area contributed by atoms with E-state index in [1.165, 1.54) is 35.5 Å². The summed E-state index contributed by atoms with van der Waals surface area (Å²) >= 11 is 5.73. The van der Waals surface area contributed by atoms with Crippen LogP contribution in [-0.2, 0) is 11.0 Å². The molecule has 0 bridgehead atoms. The van der Waals surface area contributed by atoms with Crippen molar-refractivity contribution in [2.24, 2.45) is 5.73 Å². The molecule has 0 saturated carbocycles. The van der Waals surface area contributed by atoms with Gasteiger partial charge in [0.15, 0.2) is 5.82 Å². The lowest BCUT2D eigenvalue weighted by molar-refractivity contribution is -0.137. The average Bonchev–Trinajstić information content (AvgIpc) is 3.08. The normalized spacial score (nSPS) is 12.2. The summed E-state index contributed by atoms with van der Waals surface area (Å²) in [6, 6.07) is 6.59. The highest BCUT2D eigenvalue weighted by Crippen LogP contribution is 2.32. The van der Waals surface area contributed by atoms with Crippen molar-refractivity contribution in [3.05, 3.63) is 64.7 Å². The third-order valence-electron chi connectivity index (χ3n) is 3.74. The van der Waals surface area contributed by atoms with Crippen molar-refractivity contribution in [1.82, 2.24) is 19.7 Å². The van der Waals surface area contributed by atoms with E-state index in [0.29, 0.717) is 11.1 Å². The van der Waals surface area contributed by atoms with Crippen molar-refractivity contribution in [2.75, 3.05) is 0 Å². The number of alkyl halides is 3. The van der Waals surface area contributed by atoms with Crippen LogP contribution >= 0.6 is 11.6 Å². The number of primary amides is 1. The van der Waals surface area contributed by atoms with Gasteiger partial charge in [-0.1, -0.05) is 11.6 Å². The summed E-state index contributed by atoms with van der Waals surface area (Å²) in [5.41, 5.74) is 5.72. The second-order valence-electron chi connectivity index (χ2n) is 5.91. The van der Waals surface area contributed by atoms with E-state index in [1.807, 2.05) is 0 Å². The molecule has 2 N–H and O–H groups in total. The molecule has 3 rings (SSSR count). The van der Waals surface area contributed by atoms with Crippen molar-refractivity contribution in [3.63, 3.8) is 0 Å². The van der Waals surface area contributed by atoms with E-state index in [9.17, 15) is 18.0 Å². The molecule has 3 aromatic rings. The summed E-state index contributed by atoms with van der Waals surface area (Å²) in [6.07, 6.45) is -0.543. The summed E-state index contributed by atoms with van der Waals surface area (Å²) in [7, 11) is 0. The Morgan fingerprint density at radius 3 is 2.57 bits per heavy atom. The molecule has 0 unspecified atom stereocenters. The minimum absolute atomic E-state index is 0.0727. The average molecular weight is 408 g/mol. The monoisotopic (exact) mass is 407 g/mol. The van der Waals surface area contributed by atoms with Gasteiger partial charge in [-0.2, -0.15) is 13.2 Å². The number of benzene rings is 1. The maximum Gasteiger partial charge on any atom is 0.416 e. The number of aryl methyl sites for hydroxylation is 1. The fourth-order valence-electron chi connectivity index (χ4n) is 2.49. The molecule has 0 aliphatic carbocycles. The Labute approximate surface area is 162 Å². The zero-order valence-electron chi connectivity index (χ0n) is 14.4. The summed E-state index contributed by atoms with van der Waals surface area (Å²) in [5, 5.41) is 4.36. The van der Waals surface area contributed by atoms with Gasteiger partial charge < -0.3 is 5.73 Å². The lowest BCUT2D eigenvalue weighted by Gasteiger charge is -2.09. The zero-order chi connectivity index (χ0) is 20.5. The van der Waals surface area contributed by atoms with E-state index in [-0.39, 0.29) is 22.1 Å². The number of nitrogens with zero attached hydrogens (tertiary/aromatic N) is 4. The number of hydrogen-bond donors (Lipinski definition) is 1. The Hall–Kier alpha value is -3.20. The molecule has 0 aliphatic heterocycles. The highest BCUT2D eigenvalue weighted by molar-refractivity contribution is 6.29. The van der Waals surface area contributed by atoms with Gasteiger partial charge in [-0.25, -0.2) is 14.6 Å². The van der Waals surface area contributed by atoms with Gasteiger partial charge in [0.2, 0.25) is 0 Å². The number of carbonyl (C=O) groups excluding carboxylic acids is 1. The molecule has 6 nitrogen and oxygen atoms in total. The van der Waals surface area contributed by atoms with Gasteiger partial charge >= 0.3 is 6.18 Å². The molecule has 0 saturated heterocycles. The van der Waals surface area contributed by atoms with Crippen molar-refractivity contribution in [3.8, 4) is 11.4 Å². The number of halogens is 4. The first-order chi connectivity index (χ1) is 13.1. The molecule has 28 heavy (non-hydrogen) atoms. The number of hydrogen-bond acceptors (Lipinski definition) is 4. The Kier molecular flexibility index (Phi) is 5.19. The molecule has 10 heteroatoms. The van der Waals surface area contributed by atoms with Crippen LogP contribution in [0.25, 0.3) is 23.2 Å². The van der Waals surface area contributed by atoms with Crippen molar-refractivity contribution < 1.29 is 18.0 Å². The zero-order valence-corrected chi connectivity index (χ0v) is 15.2. The van der Waals surface area contributed by atoms with E-state index >= 15 is 0 Å². The molecule has 1 aromatic carbocycles. The van der Waals surface area contributed by atoms with Gasteiger partial charge in [-0.15, -0.1) is 5.10 Å². The number of amides is 1. The molecule has 0 fully saturated rings. The fourth-order valence-corrected chi connectivity index (χ4v) is 2.60. The topological polar surface area (TPSA) is 86.7 Å². The third kappa shape index (κ3) is 4.37. The highest BCUT2D eigenvalue weighted by Gasteiger charge is 2.31.